The van der Waals surface area contributed by atoms with Gasteiger partial charge in [0.2, 0.25) is 11.8 Å². The van der Waals surface area contributed by atoms with Crippen molar-refractivity contribution in [3.63, 3.8) is 0 Å². The van der Waals surface area contributed by atoms with Crippen LogP contribution < -0.4 is 50.8 Å². The number of nitrogen functional groups attached to an aromatic ring is 1. The molecule has 9 N–H and O–H groups in total. The summed E-state index contributed by atoms with van der Waals surface area (Å²) in [5.41, 5.74) is 4.22. The molecular weight excluding hydrogens is 794 g/mol. The van der Waals surface area contributed by atoms with Crippen LogP contribution in [-0.2, 0) is 50.7 Å². The molecule has 0 bridgehead atoms. The number of hydrogen-bond donors (Lipinski definition) is 8. The largest absolute Gasteiger partial charge is 1.00 e. The number of anilines is 1. The molecule has 29 heteroatoms. The number of aliphatic hydroxyl groups is 2. The first-order chi connectivity index (χ1) is 23.5. The average Bonchev–Trinajstić information content (AvgIpc) is 3.57. The Morgan fingerprint density at radius 1 is 1.12 bits per heavy atom. The minimum Gasteiger partial charge on any atom is -0.756 e. The van der Waals surface area contributed by atoms with Crippen LogP contribution in [0, 0.1) is 5.41 Å². The van der Waals surface area contributed by atoms with Gasteiger partial charge in [-0.3, -0.25) is 32.6 Å². The van der Waals surface area contributed by atoms with Crippen LogP contribution in [0.5, 0.6) is 0 Å². The Morgan fingerprint density at radius 3 is 2.40 bits per heavy atom. The molecule has 8 atom stereocenters. The van der Waals surface area contributed by atoms with Crippen molar-refractivity contribution in [3.05, 3.63) is 12.7 Å². The molecule has 52 heavy (non-hydrogen) atoms. The molecule has 0 saturated carbocycles. The zero-order chi connectivity index (χ0) is 38.4. The molecule has 1 aliphatic rings. The number of nitrogens with two attached hydrogens (primary N) is 1. The van der Waals surface area contributed by atoms with E-state index in [0.29, 0.717) is 5.75 Å². The van der Waals surface area contributed by atoms with Crippen LogP contribution in [-0.4, -0.2) is 118 Å². The van der Waals surface area contributed by atoms with Crippen LogP contribution in [0.2, 0.25) is 0 Å². The zero-order valence-electron chi connectivity index (χ0n) is 28.0. The number of aliphatic hydroxyl groups excluding tert-OH is 2. The van der Waals surface area contributed by atoms with Crippen molar-refractivity contribution in [2.45, 2.75) is 57.8 Å². The third kappa shape index (κ3) is 14.0. The van der Waals surface area contributed by atoms with E-state index in [-0.39, 0.29) is 71.2 Å². The second kappa shape index (κ2) is 19.4. The van der Waals surface area contributed by atoms with E-state index in [4.69, 9.17) is 19.5 Å². The molecule has 1 fully saturated rings. The van der Waals surface area contributed by atoms with Gasteiger partial charge >= 0.3 is 45.2 Å². The third-order valence-corrected chi connectivity index (χ3v) is 10.7. The monoisotopic (exact) mass is 831 g/mol. The minimum absolute atomic E-state index is 0. The van der Waals surface area contributed by atoms with Crippen LogP contribution >= 0.6 is 35.2 Å². The van der Waals surface area contributed by atoms with Gasteiger partial charge in [0.05, 0.1) is 19.5 Å². The van der Waals surface area contributed by atoms with Gasteiger partial charge < -0.3 is 55.4 Å². The summed E-state index contributed by atoms with van der Waals surface area (Å²) in [6.07, 6.45) is -7.08. The number of amides is 2. The smallest absolute Gasteiger partial charge is 0.756 e. The number of ether oxygens (including phenoxy) is 1. The Kier molecular flexibility index (Phi) is 17.5. The fourth-order valence-corrected chi connectivity index (χ4v) is 7.63. The van der Waals surface area contributed by atoms with E-state index in [1.165, 1.54) is 20.8 Å². The Labute approximate surface area is 321 Å². The number of carbonyl (C=O) groups is 3. The first kappa shape index (κ1) is 46.7. The Balaban J connectivity index is 0.00000936. The number of nitrogens with zero attached hydrogens (tertiary/aromatic N) is 4. The van der Waals surface area contributed by atoms with Crippen molar-refractivity contribution < 1.29 is 110 Å². The molecular formula is C23H37N7NaO17P3S. The number of phosphoric ester groups is 3. The molecule has 1 saturated heterocycles. The van der Waals surface area contributed by atoms with E-state index in [1.54, 1.807) is 0 Å². The molecule has 24 nitrogen and oxygen atoms in total. The maximum Gasteiger partial charge on any atom is 1.00 e. The number of fused-ring (bicyclic) bond motifs is 1. The summed E-state index contributed by atoms with van der Waals surface area (Å²) in [5.74, 6) is -1.10. The molecule has 0 radical (unpaired) electrons. The molecule has 0 aliphatic carbocycles. The van der Waals surface area contributed by atoms with E-state index >= 15 is 0 Å². The second-order valence-electron chi connectivity index (χ2n) is 11.4. The van der Waals surface area contributed by atoms with Crippen LogP contribution in [0.25, 0.3) is 11.2 Å². The predicted molar refractivity (Wildman–Crippen MR) is 171 cm³/mol. The van der Waals surface area contributed by atoms with E-state index < -0.39 is 84.6 Å². The first-order valence-electron chi connectivity index (χ1n) is 14.5. The van der Waals surface area contributed by atoms with Crippen molar-refractivity contribution in [3.8, 4) is 0 Å². The summed E-state index contributed by atoms with van der Waals surface area (Å²) >= 11 is 1.02. The van der Waals surface area contributed by atoms with Gasteiger partial charge in [-0.05, 0) is 0 Å². The SMILES string of the molecule is CC(=O)SCCNC(=O)CCNC(=O)C(O)C(C)(C)COP(=O)(O)OP(=O)(O)OCC1OC(n2cnc3c(N)ncnc32)C(O)C1OP(=O)([O-])O.[Na+]. The topological polar surface area (TPSA) is 366 Å². The van der Waals surface area contributed by atoms with Crippen LogP contribution in [0.1, 0.15) is 33.4 Å². The summed E-state index contributed by atoms with van der Waals surface area (Å²) in [5, 5.41) is 26.0. The van der Waals surface area contributed by atoms with Gasteiger partial charge in [0.25, 0.3) is 7.82 Å². The van der Waals surface area contributed by atoms with Crippen LogP contribution in [0.15, 0.2) is 12.7 Å². The van der Waals surface area contributed by atoms with Crippen molar-refractivity contribution in [2.24, 2.45) is 5.41 Å². The molecule has 2 aromatic rings. The molecule has 3 rings (SSSR count). The fourth-order valence-electron chi connectivity index (χ4n) is 4.32. The van der Waals surface area contributed by atoms with Crippen molar-refractivity contribution in [1.29, 1.82) is 0 Å². The number of carbonyl (C=O) groups excluding carboxylic acids is 3. The number of thioether (sulfide) groups is 1. The third-order valence-electron chi connectivity index (χ3n) is 6.80. The Hall–Kier alpha value is -1.44. The van der Waals surface area contributed by atoms with E-state index in [2.05, 4.69) is 34.4 Å². The van der Waals surface area contributed by atoms with Gasteiger partial charge in [0, 0.05) is 37.6 Å². The van der Waals surface area contributed by atoms with Gasteiger partial charge in [-0.2, -0.15) is 4.31 Å². The summed E-state index contributed by atoms with van der Waals surface area (Å²) in [7, 11) is -16.6. The molecule has 2 amide bonds. The quantitative estimate of drug-likeness (QED) is 0.0373. The predicted octanol–water partition coefficient (Wildman–Crippen LogP) is -4.94. The maximum absolute atomic E-state index is 12.6. The van der Waals surface area contributed by atoms with Gasteiger partial charge in [0.1, 0.15) is 36.3 Å². The fraction of sp³-hybridized carbons (Fsp3) is 0.652. The first-order valence-corrected chi connectivity index (χ1v) is 20.0. The molecule has 2 aromatic heterocycles. The number of rotatable bonds is 19. The zero-order valence-corrected chi connectivity index (χ0v) is 33.5. The van der Waals surface area contributed by atoms with Crippen LogP contribution in [0.4, 0.5) is 5.82 Å². The average molecular weight is 832 g/mol. The molecule has 0 aromatic carbocycles. The number of phosphoric acid groups is 3. The van der Waals surface area contributed by atoms with Crippen molar-refractivity contribution in [2.75, 3.05) is 37.8 Å². The van der Waals surface area contributed by atoms with Gasteiger partial charge in [-0.25, -0.2) is 24.1 Å². The van der Waals surface area contributed by atoms with Crippen molar-refractivity contribution >= 4 is 69.1 Å². The molecule has 3 heterocycles. The number of nitrogens with one attached hydrogen (secondary N) is 2. The molecule has 0 spiro atoms. The van der Waals surface area contributed by atoms with E-state index in [1.807, 2.05) is 0 Å². The van der Waals surface area contributed by atoms with Gasteiger partial charge in [0.15, 0.2) is 22.8 Å². The normalized spacial score (nSPS) is 23.1. The van der Waals surface area contributed by atoms with E-state index in [0.717, 1.165) is 29.0 Å². The second-order valence-corrected chi connectivity index (χ2v) is 16.9. The minimum atomic E-state index is -5.57. The molecule has 288 valence electrons. The van der Waals surface area contributed by atoms with Crippen molar-refractivity contribution in [1.82, 2.24) is 30.2 Å². The Bertz CT molecular complexity index is 1720. The summed E-state index contributed by atoms with van der Waals surface area (Å²) in [6, 6.07) is 0. The van der Waals surface area contributed by atoms with Gasteiger partial charge in [-0.1, -0.05) is 25.6 Å². The number of aromatic nitrogens is 4. The molecule has 1 aliphatic heterocycles. The number of imidazole rings is 1. The standard InChI is InChI=1S/C23H38N7O17P3S.Na/c1-12(31)51-7-6-25-14(32)4-5-26-21(35)18(34)23(2,3)9-44-50(41,42)47-49(39,40)43-8-13-17(46-48(36,37)38)16(33)22(45-13)30-11-29-15-19(24)27-10-28-20(15)30;/h10-11,13,16-18,22,33-34H,4-9H2,1-3H3,(H,25,32)(H,26,35)(H,39,40)(H,41,42)(H2,24,27,28)(H2,36,37,38);/q;+1/p-1. The van der Waals surface area contributed by atoms with E-state index in [9.17, 15) is 57.9 Å². The number of hydrogen-bond acceptors (Lipinski definition) is 19. The van der Waals surface area contributed by atoms with Crippen LogP contribution in [0.3, 0.4) is 0 Å². The maximum atomic E-state index is 12.6. The summed E-state index contributed by atoms with van der Waals surface area (Å²) in [6.45, 7) is 1.85. The summed E-state index contributed by atoms with van der Waals surface area (Å²) in [4.78, 5) is 87.9. The van der Waals surface area contributed by atoms with Gasteiger partial charge in [-0.15, -0.1) is 0 Å². The molecule has 8 unspecified atom stereocenters. The summed E-state index contributed by atoms with van der Waals surface area (Å²) < 4.78 is 61.5. The Morgan fingerprint density at radius 2 is 1.77 bits per heavy atom.